The molecule has 0 unspecified atom stereocenters. The zero-order valence-electron chi connectivity index (χ0n) is 10.9. The minimum absolute atomic E-state index is 0.113. The van der Waals surface area contributed by atoms with Gasteiger partial charge in [-0.25, -0.2) is 0 Å². The average Bonchev–Trinajstić information content (AvgIpc) is 2.41. The van der Waals surface area contributed by atoms with Crippen molar-refractivity contribution in [1.29, 1.82) is 0 Å². The first-order valence-electron chi connectivity index (χ1n) is 6.16. The number of hydrogen-bond acceptors (Lipinski definition) is 2. The smallest absolute Gasteiger partial charge is 0.198 e. The maximum absolute atomic E-state index is 12.6. The van der Waals surface area contributed by atoms with E-state index in [2.05, 4.69) is 0 Å². The van der Waals surface area contributed by atoms with Crippen LogP contribution in [0.5, 0.6) is 5.75 Å². The monoisotopic (exact) mass is 274 g/mol. The van der Waals surface area contributed by atoms with Gasteiger partial charge in [0.25, 0.3) is 0 Å². The Kier molecular flexibility index (Phi) is 4.23. The quantitative estimate of drug-likeness (QED) is 0.778. The van der Waals surface area contributed by atoms with Gasteiger partial charge < -0.3 is 4.74 Å². The van der Waals surface area contributed by atoms with Crippen LogP contribution in [0.1, 0.15) is 28.4 Å². The maximum Gasteiger partial charge on any atom is 0.198 e. The minimum atomic E-state index is -0.113. The molecule has 0 atom stereocenters. The number of hydrogen-bond donors (Lipinski definition) is 0. The topological polar surface area (TPSA) is 26.3 Å². The van der Waals surface area contributed by atoms with Crippen LogP contribution in [0.4, 0.5) is 0 Å². The predicted molar refractivity (Wildman–Crippen MR) is 77.2 cm³/mol. The molecule has 0 saturated carbocycles. The number of ether oxygens (including phenoxy) is 1. The summed E-state index contributed by atoms with van der Waals surface area (Å²) in [4.78, 5) is 12.6. The van der Waals surface area contributed by atoms with Crippen LogP contribution in [-0.4, -0.2) is 12.4 Å². The van der Waals surface area contributed by atoms with Gasteiger partial charge in [-0.3, -0.25) is 4.79 Å². The second kappa shape index (κ2) is 5.89. The summed E-state index contributed by atoms with van der Waals surface area (Å²) in [6.07, 6.45) is 0. The molecule has 3 heteroatoms. The number of ketones is 1. The Balaban J connectivity index is 2.49. The summed E-state index contributed by atoms with van der Waals surface area (Å²) < 4.78 is 5.51. The first kappa shape index (κ1) is 13.6. The van der Waals surface area contributed by atoms with Gasteiger partial charge in [0.15, 0.2) is 5.78 Å². The van der Waals surface area contributed by atoms with Gasteiger partial charge in [-0.1, -0.05) is 35.4 Å². The zero-order chi connectivity index (χ0) is 13.8. The van der Waals surface area contributed by atoms with Crippen LogP contribution in [0.25, 0.3) is 0 Å². The van der Waals surface area contributed by atoms with E-state index in [9.17, 15) is 4.79 Å². The van der Waals surface area contributed by atoms with Crippen LogP contribution in [0, 0.1) is 6.92 Å². The number of halogens is 1. The average molecular weight is 275 g/mol. The first-order valence-corrected chi connectivity index (χ1v) is 6.54. The number of benzene rings is 2. The predicted octanol–water partition coefficient (Wildman–Crippen LogP) is 4.28. The van der Waals surface area contributed by atoms with Crippen molar-refractivity contribution in [2.45, 2.75) is 13.8 Å². The van der Waals surface area contributed by atoms with E-state index in [0.717, 1.165) is 5.56 Å². The molecule has 0 aliphatic rings. The number of rotatable bonds is 4. The highest BCUT2D eigenvalue weighted by Crippen LogP contribution is 2.26. The Morgan fingerprint density at radius 1 is 1.16 bits per heavy atom. The molecule has 19 heavy (non-hydrogen) atoms. The lowest BCUT2D eigenvalue weighted by Crippen LogP contribution is -2.06. The van der Waals surface area contributed by atoms with Gasteiger partial charge >= 0.3 is 0 Å². The van der Waals surface area contributed by atoms with E-state index in [4.69, 9.17) is 16.3 Å². The Labute approximate surface area is 118 Å². The Hall–Kier alpha value is -1.80. The van der Waals surface area contributed by atoms with Gasteiger partial charge in [-0.15, -0.1) is 0 Å². The molecule has 2 nitrogen and oxygen atoms in total. The molecule has 0 bridgehead atoms. The van der Waals surface area contributed by atoms with Gasteiger partial charge in [-0.05, 0) is 38.1 Å². The Morgan fingerprint density at radius 3 is 2.58 bits per heavy atom. The summed E-state index contributed by atoms with van der Waals surface area (Å²) >= 11 is 6.08. The van der Waals surface area contributed by atoms with E-state index in [1.807, 2.05) is 32.0 Å². The highest BCUT2D eigenvalue weighted by atomic mass is 35.5. The number of carbonyl (C=O) groups is 1. The first-order chi connectivity index (χ1) is 9.13. The zero-order valence-corrected chi connectivity index (χ0v) is 11.7. The van der Waals surface area contributed by atoms with E-state index < -0.39 is 0 Å². The van der Waals surface area contributed by atoms with Gasteiger partial charge in [0.05, 0.1) is 17.2 Å². The third-order valence-electron chi connectivity index (χ3n) is 2.80. The summed E-state index contributed by atoms with van der Waals surface area (Å²) in [5.41, 5.74) is 2.06. The molecular formula is C16H15ClO2. The highest BCUT2D eigenvalue weighted by molar-refractivity contribution is 6.35. The lowest BCUT2D eigenvalue weighted by Gasteiger charge is -2.11. The van der Waals surface area contributed by atoms with E-state index in [1.54, 1.807) is 24.3 Å². The molecule has 0 aromatic heterocycles. The molecule has 0 radical (unpaired) electrons. The SMILES string of the molecule is CCOc1ccc(C)cc1C(=O)c1ccccc1Cl. The van der Waals surface area contributed by atoms with Crippen LogP contribution in [0.3, 0.4) is 0 Å². The molecule has 0 spiro atoms. The summed E-state index contributed by atoms with van der Waals surface area (Å²) in [6.45, 7) is 4.36. The van der Waals surface area contributed by atoms with Gasteiger partial charge in [0, 0.05) is 5.56 Å². The van der Waals surface area contributed by atoms with Crippen LogP contribution in [0.15, 0.2) is 42.5 Å². The molecule has 98 valence electrons. The van der Waals surface area contributed by atoms with Crippen molar-refractivity contribution in [2.24, 2.45) is 0 Å². The molecule has 0 amide bonds. The second-order valence-corrected chi connectivity index (χ2v) is 4.65. The second-order valence-electron chi connectivity index (χ2n) is 4.24. The molecule has 0 fully saturated rings. The van der Waals surface area contributed by atoms with Crippen LogP contribution < -0.4 is 4.74 Å². The maximum atomic E-state index is 12.6. The largest absolute Gasteiger partial charge is 0.493 e. The Morgan fingerprint density at radius 2 is 1.89 bits per heavy atom. The van der Waals surface area contributed by atoms with Crippen molar-refractivity contribution in [3.05, 3.63) is 64.2 Å². The molecular weight excluding hydrogens is 260 g/mol. The van der Waals surface area contributed by atoms with Crippen LogP contribution in [0.2, 0.25) is 5.02 Å². The fraction of sp³-hybridized carbons (Fsp3) is 0.188. The summed E-state index contributed by atoms with van der Waals surface area (Å²) in [7, 11) is 0. The molecule has 0 N–H and O–H groups in total. The summed E-state index contributed by atoms with van der Waals surface area (Å²) in [6, 6.07) is 12.6. The molecule has 0 saturated heterocycles. The van der Waals surface area contributed by atoms with E-state index in [1.165, 1.54) is 0 Å². The van der Waals surface area contributed by atoms with E-state index in [-0.39, 0.29) is 5.78 Å². The summed E-state index contributed by atoms with van der Waals surface area (Å²) in [5, 5.41) is 0.455. The Bertz CT molecular complexity index is 605. The number of aryl methyl sites for hydroxylation is 1. The summed E-state index contributed by atoms with van der Waals surface area (Å²) in [5.74, 6) is 0.482. The minimum Gasteiger partial charge on any atom is -0.493 e. The van der Waals surface area contributed by atoms with E-state index in [0.29, 0.717) is 28.5 Å². The molecule has 0 aliphatic carbocycles. The molecule has 0 aliphatic heterocycles. The van der Waals surface area contributed by atoms with Crippen LogP contribution >= 0.6 is 11.6 Å². The lowest BCUT2D eigenvalue weighted by molar-refractivity contribution is 0.103. The van der Waals surface area contributed by atoms with Gasteiger partial charge in [0.1, 0.15) is 5.75 Å². The van der Waals surface area contributed by atoms with Crippen molar-refractivity contribution in [2.75, 3.05) is 6.61 Å². The van der Waals surface area contributed by atoms with Crippen molar-refractivity contribution in [3.8, 4) is 5.75 Å². The molecule has 0 heterocycles. The van der Waals surface area contributed by atoms with Crippen molar-refractivity contribution in [1.82, 2.24) is 0 Å². The fourth-order valence-electron chi connectivity index (χ4n) is 1.89. The molecule has 2 aromatic carbocycles. The third-order valence-corrected chi connectivity index (χ3v) is 3.13. The van der Waals surface area contributed by atoms with Gasteiger partial charge in [0.2, 0.25) is 0 Å². The van der Waals surface area contributed by atoms with Crippen LogP contribution in [-0.2, 0) is 0 Å². The highest BCUT2D eigenvalue weighted by Gasteiger charge is 2.17. The molecule has 2 rings (SSSR count). The molecule has 2 aromatic rings. The third kappa shape index (κ3) is 2.96. The standard InChI is InChI=1S/C16H15ClO2/c1-3-19-15-9-8-11(2)10-13(15)16(18)12-6-4-5-7-14(12)17/h4-10H,3H2,1-2H3. The fourth-order valence-corrected chi connectivity index (χ4v) is 2.11. The van der Waals surface area contributed by atoms with Crippen molar-refractivity contribution in [3.63, 3.8) is 0 Å². The lowest BCUT2D eigenvalue weighted by atomic mass is 10.0. The van der Waals surface area contributed by atoms with Crippen molar-refractivity contribution < 1.29 is 9.53 Å². The van der Waals surface area contributed by atoms with E-state index >= 15 is 0 Å². The van der Waals surface area contributed by atoms with Gasteiger partial charge in [-0.2, -0.15) is 0 Å². The normalized spacial score (nSPS) is 10.3. The number of carbonyl (C=O) groups excluding carboxylic acids is 1. The van der Waals surface area contributed by atoms with Crippen molar-refractivity contribution >= 4 is 17.4 Å².